The number of aliphatic hydroxyl groups is 1. The topological polar surface area (TPSA) is 88.5 Å². The molecule has 0 saturated carbocycles. The van der Waals surface area contributed by atoms with Gasteiger partial charge in [-0.2, -0.15) is 0 Å². The molecule has 1 aromatic heterocycles. The van der Waals surface area contributed by atoms with Crippen LogP contribution in [0.1, 0.15) is 19.4 Å². The van der Waals surface area contributed by atoms with Crippen molar-refractivity contribution in [2.75, 3.05) is 13.7 Å². The number of ether oxygens (including phenoxy) is 1. The number of hydrogen-bond donors (Lipinski definition) is 2. The highest BCUT2D eigenvalue weighted by Gasteiger charge is 2.22. The molecule has 0 bridgehead atoms. The van der Waals surface area contributed by atoms with E-state index in [2.05, 4.69) is 9.71 Å². The number of methoxy groups -OCH3 is 1. The molecule has 2 N–H and O–H groups in total. The Balaban J connectivity index is 2.80. The minimum Gasteiger partial charge on any atom is -0.392 e. The quantitative estimate of drug-likeness (QED) is 0.777. The third-order valence-corrected chi connectivity index (χ3v) is 3.81. The average Bonchev–Trinajstić information content (AvgIpc) is 2.37. The first kappa shape index (κ1) is 15.0. The fourth-order valence-corrected chi connectivity index (χ4v) is 2.20. The van der Waals surface area contributed by atoms with Gasteiger partial charge in [-0.1, -0.05) is 6.07 Å². The lowest BCUT2D eigenvalue weighted by Gasteiger charge is -2.22. The molecule has 1 aromatic rings. The van der Waals surface area contributed by atoms with E-state index in [0.717, 1.165) is 0 Å². The van der Waals surface area contributed by atoms with Crippen LogP contribution in [0.3, 0.4) is 0 Å². The standard InChI is InChI=1S/C11H18N2O4S/c1-11(2,17-3)8-13-18(15,16)10-5-4-9(7-14)6-12-10/h4-6,13-14H,7-8H2,1-3H3. The third kappa shape index (κ3) is 4.02. The van der Waals surface area contributed by atoms with Crippen molar-refractivity contribution in [1.82, 2.24) is 9.71 Å². The van der Waals surface area contributed by atoms with Gasteiger partial charge in [-0.3, -0.25) is 0 Å². The molecule has 0 aromatic carbocycles. The molecule has 0 amide bonds. The number of aliphatic hydroxyl groups excluding tert-OH is 1. The van der Waals surface area contributed by atoms with Crippen LogP contribution in [0.4, 0.5) is 0 Å². The predicted molar refractivity (Wildman–Crippen MR) is 66.4 cm³/mol. The van der Waals surface area contributed by atoms with Crippen molar-refractivity contribution in [2.45, 2.75) is 31.1 Å². The van der Waals surface area contributed by atoms with Crippen LogP contribution in [0.5, 0.6) is 0 Å². The zero-order chi connectivity index (χ0) is 13.8. The number of rotatable bonds is 6. The summed E-state index contributed by atoms with van der Waals surface area (Å²) in [5.41, 5.74) is -0.0239. The third-order valence-electron chi connectivity index (χ3n) is 2.50. The molecule has 0 aliphatic heterocycles. The van der Waals surface area contributed by atoms with Gasteiger partial charge in [0.15, 0.2) is 5.03 Å². The summed E-state index contributed by atoms with van der Waals surface area (Å²) in [5, 5.41) is 8.77. The van der Waals surface area contributed by atoms with Gasteiger partial charge in [0.25, 0.3) is 10.0 Å². The van der Waals surface area contributed by atoms with Crippen LogP contribution in [0.15, 0.2) is 23.4 Å². The van der Waals surface area contributed by atoms with Crippen LogP contribution in [0.25, 0.3) is 0 Å². The molecule has 1 heterocycles. The Labute approximate surface area is 107 Å². The molecule has 0 unspecified atom stereocenters. The second-order valence-electron chi connectivity index (χ2n) is 4.45. The smallest absolute Gasteiger partial charge is 0.258 e. The van der Waals surface area contributed by atoms with Gasteiger partial charge >= 0.3 is 0 Å². The number of nitrogens with one attached hydrogen (secondary N) is 1. The monoisotopic (exact) mass is 274 g/mol. The number of sulfonamides is 1. The fourth-order valence-electron chi connectivity index (χ4n) is 1.08. The number of hydrogen-bond acceptors (Lipinski definition) is 5. The van der Waals surface area contributed by atoms with Crippen LogP contribution in [-0.2, 0) is 21.4 Å². The van der Waals surface area contributed by atoms with Crippen molar-refractivity contribution >= 4 is 10.0 Å². The number of aromatic nitrogens is 1. The van der Waals surface area contributed by atoms with Crippen LogP contribution in [0.2, 0.25) is 0 Å². The van der Waals surface area contributed by atoms with Gasteiger partial charge in [0, 0.05) is 19.9 Å². The van der Waals surface area contributed by atoms with Crippen LogP contribution in [0, 0.1) is 0 Å². The molecule has 6 nitrogen and oxygen atoms in total. The van der Waals surface area contributed by atoms with Gasteiger partial charge in [-0.15, -0.1) is 0 Å². The van der Waals surface area contributed by atoms with Crippen molar-refractivity contribution in [3.05, 3.63) is 23.9 Å². The molecule has 1 rings (SSSR count). The summed E-state index contributed by atoms with van der Waals surface area (Å²) in [6.45, 7) is 3.53. The van der Waals surface area contributed by atoms with Gasteiger partial charge in [-0.05, 0) is 25.5 Å². The average molecular weight is 274 g/mol. The van der Waals surface area contributed by atoms with Gasteiger partial charge in [-0.25, -0.2) is 18.1 Å². The van der Waals surface area contributed by atoms with Crippen LogP contribution < -0.4 is 4.72 Å². The Morgan fingerprint density at radius 2 is 2.11 bits per heavy atom. The van der Waals surface area contributed by atoms with Crippen molar-refractivity contribution in [3.8, 4) is 0 Å². The second kappa shape index (κ2) is 5.75. The van der Waals surface area contributed by atoms with E-state index in [1.807, 2.05) is 0 Å². The zero-order valence-electron chi connectivity index (χ0n) is 10.7. The van der Waals surface area contributed by atoms with E-state index in [0.29, 0.717) is 5.56 Å². The largest absolute Gasteiger partial charge is 0.392 e. The lowest BCUT2D eigenvalue weighted by Crippen LogP contribution is -2.39. The molecule has 0 spiro atoms. The maximum atomic E-state index is 11.9. The molecule has 0 aliphatic rings. The Morgan fingerprint density at radius 3 is 2.56 bits per heavy atom. The highest BCUT2D eigenvalue weighted by molar-refractivity contribution is 7.89. The van der Waals surface area contributed by atoms with Crippen molar-refractivity contribution in [3.63, 3.8) is 0 Å². The molecule has 0 saturated heterocycles. The molecule has 0 fully saturated rings. The number of nitrogens with zero attached hydrogens (tertiary/aromatic N) is 1. The maximum absolute atomic E-state index is 11.9. The normalized spacial score (nSPS) is 12.7. The minimum atomic E-state index is -3.65. The molecular formula is C11H18N2O4S. The number of pyridine rings is 1. The lowest BCUT2D eigenvalue weighted by atomic mass is 10.1. The van der Waals surface area contributed by atoms with E-state index in [1.54, 1.807) is 13.8 Å². The fraction of sp³-hybridized carbons (Fsp3) is 0.545. The summed E-state index contributed by atoms with van der Waals surface area (Å²) < 4.78 is 31.4. The summed E-state index contributed by atoms with van der Waals surface area (Å²) in [5.74, 6) is 0. The Morgan fingerprint density at radius 1 is 1.44 bits per heavy atom. The van der Waals surface area contributed by atoms with Crippen molar-refractivity contribution in [1.29, 1.82) is 0 Å². The molecule has 7 heteroatoms. The summed E-state index contributed by atoms with van der Waals surface area (Å²) in [4.78, 5) is 3.80. The van der Waals surface area contributed by atoms with E-state index in [1.165, 1.54) is 25.4 Å². The highest BCUT2D eigenvalue weighted by Crippen LogP contribution is 2.10. The summed E-state index contributed by atoms with van der Waals surface area (Å²) >= 11 is 0. The van der Waals surface area contributed by atoms with Gasteiger partial charge in [0.1, 0.15) is 0 Å². The molecule has 102 valence electrons. The Kier molecular flexibility index (Phi) is 4.80. The SMILES string of the molecule is COC(C)(C)CNS(=O)(=O)c1ccc(CO)cn1. The van der Waals surface area contributed by atoms with Crippen molar-refractivity contribution in [2.24, 2.45) is 0 Å². The van der Waals surface area contributed by atoms with Crippen molar-refractivity contribution < 1.29 is 18.3 Å². The van der Waals surface area contributed by atoms with E-state index < -0.39 is 15.6 Å². The first-order chi connectivity index (χ1) is 8.30. The molecule has 0 radical (unpaired) electrons. The first-order valence-corrected chi connectivity index (χ1v) is 6.90. The van der Waals surface area contributed by atoms with Gasteiger partial charge in [0.2, 0.25) is 0 Å². The Bertz CT molecular complexity index is 482. The maximum Gasteiger partial charge on any atom is 0.258 e. The highest BCUT2D eigenvalue weighted by atomic mass is 32.2. The van der Waals surface area contributed by atoms with E-state index >= 15 is 0 Å². The summed E-state index contributed by atoms with van der Waals surface area (Å²) in [6.07, 6.45) is 1.33. The minimum absolute atomic E-state index is 0.0772. The molecule has 0 atom stereocenters. The van der Waals surface area contributed by atoms with Crippen LogP contribution >= 0.6 is 0 Å². The van der Waals surface area contributed by atoms with E-state index in [-0.39, 0.29) is 18.2 Å². The second-order valence-corrected chi connectivity index (χ2v) is 6.16. The first-order valence-electron chi connectivity index (χ1n) is 5.41. The predicted octanol–water partition coefficient (Wildman–Crippen LogP) is 0.277. The van der Waals surface area contributed by atoms with Gasteiger partial charge < -0.3 is 9.84 Å². The Hall–Kier alpha value is -1.02. The van der Waals surface area contributed by atoms with Crippen LogP contribution in [-0.4, -0.2) is 37.8 Å². The van der Waals surface area contributed by atoms with Gasteiger partial charge in [0.05, 0.1) is 12.2 Å². The zero-order valence-corrected chi connectivity index (χ0v) is 11.5. The molecule has 18 heavy (non-hydrogen) atoms. The molecule has 0 aliphatic carbocycles. The summed E-state index contributed by atoms with van der Waals surface area (Å²) in [6, 6.07) is 2.87. The van der Waals surface area contributed by atoms with E-state index in [9.17, 15) is 8.42 Å². The summed E-state index contributed by atoms with van der Waals surface area (Å²) in [7, 11) is -2.13. The lowest BCUT2D eigenvalue weighted by molar-refractivity contribution is 0.0276. The van der Waals surface area contributed by atoms with E-state index in [4.69, 9.17) is 9.84 Å². The molecular weight excluding hydrogens is 256 g/mol.